The predicted octanol–water partition coefficient (Wildman–Crippen LogP) is -0.241. The number of aliphatic hydroxyl groups excluding tert-OH is 4. The third-order valence-corrected chi connectivity index (χ3v) is 2.76. The van der Waals surface area contributed by atoms with Crippen molar-refractivity contribution in [2.75, 3.05) is 13.2 Å². The van der Waals surface area contributed by atoms with Crippen molar-refractivity contribution in [1.82, 2.24) is 0 Å². The average Bonchev–Trinajstić information content (AvgIpc) is 2.27. The van der Waals surface area contributed by atoms with Gasteiger partial charge in [0.2, 0.25) is 0 Å². The van der Waals surface area contributed by atoms with E-state index in [1.807, 2.05) is 27.7 Å². The highest BCUT2D eigenvalue weighted by molar-refractivity contribution is 4.78. The van der Waals surface area contributed by atoms with Crippen LogP contribution in [-0.4, -0.2) is 58.1 Å². The van der Waals surface area contributed by atoms with Crippen LogP contribution in [0.1, 0.15) is 27.7 Å². The summed E-state index contributed by atoms with van der Waals surface area (Å²) in [6.45, 7) is 6.70. The maximum atomic E-state index is 9.65. The van der Waals surface area contributed by atoms with Gasteiger partial charge in [0.15, 0.2) is 0 Å². The molecule has 0 aliphatic carbocycles. The van der Waals surface area contributed by atoms with Crippen LogP contribution < -0.4 is 0 Å². The van der Waals surface area contributed by atoms with Crippen LogP contribution in [0.5, 0.6) is 0 Å². The fourth-order valence-corrected chi connectivity index (χ4v) is 1.77. The third-order valence-electron chi connectivity index (χ3n) is 2.76. The van der Waals surface area contributed by atoms with Crippen molar-refractivity contribution in [3.63, 3.8) is 0 Å². The van der Waals surface area contributed by atoms with E-state index in [0.29, 0.717) is 0 Å². The quantitative estimate of drug-likeness (QED) is 0.477. The molecule has 0 radical (unpaired) electrons. The highest BCUT2D eigenvalue weighted by atomic mass is 16.5. The monoisotopic (exact) mass is 250 g/mol. The van der Waals surface area contributed by atoms with E-state index < -0.39 is 24.4 Å². The average molecular weight is 250 g/mol. The van der Waals surface area contributed by atoms with E-state index in [0.717, 1.165) is 0 Å². The van der Waals surface area contributed by atoms with E-state index in [9.17, 15) is 10.2 Å². The standard InChI is InChI=1S/C12H26O5/c1-7(2)11(9(15)5-13)17-12(8(3)4)10(16)6-14/h7-16H,5-6H2,1-4H3. The smallest absolute Gasteiger partial charge is 0.103 e. The molecule has 0 aromatic carbocycles. The van der Waals surface area contributed by atoms with E-state index >= 15 is 0 Å². The Labute approximate surface area is 103 Å². The number of ether oxygens (including phenoxy) is 1. The zero-order chi connectivity index (χ0) is 13.6. The lowest BCUT2D eigenvalue weighted by atomic mass is 9.98. The van der Waals surface area contributed by atoms with Gasteiger partial charge in [0.25, 0.3) is 0 Å². The Morgan fingerprint density at radius 1 is 0.765 bits per heavy atom. The van der Waals surface area contributed by atoms with Gasteiger partial charge in [-0.15, -0.1) is 0 Å². The van der Waals surface area contributed by atoms with Crippen molar-refractivity contribution in [1.29, 1.82) is 0 Å². The van der Waals surface area contributed by atoms with Crippen LogP contribution in [0.25, 0.3) is 0 Å². The fraction of sp³-hybridized carbons (Fsp3) is 1.00. The van der Waals surface area contributed by atoms with Gasteiger partial charge in [-0.3, -0.25) is 0 Å². The Kier molecular flexibility index (Phi) is 7.91. The molecule has 0 bridgehead atoms. The Morgan fingerprint density at radius 2 is 1.06 bits per heavy atom. The maximum absolute atomic E-state index is 9.65. The maximum Gasteiger partial charge on any atom is 0.103 e. The third kappa shape index (κ3) is 5.31. The normalized spacial score (nSPS) is 19.4. The van der Waals surface area contributed by atoms with Gasteiger partial charge < -0.3 is 25.2 Å². The Morgan fingerprint density at radius 3 is 1.24 bits per heavy atom. The molecule has 0 aliphatic rings. The molecule has 0 amide bonds. The van der Waals surface area contributed by atoms with Crippen molar-refractivity contribution in [3.05, 3.63) is 0 Å². The summed E-state index contributed by atoms with van der Waals surface area (Å²) in [6.07, 6.45) is -3.09. The first kappa shape index (κ1) is 16.8. The lowest BCUT2D eigenvalue weighted by Crippen LogP contribution is -2.45. The van der Waals surface area contributed by atoms with E-state index in [4.69, 9.17) is 14.9 Å². The van der Waals surface area contributed by atoms with Crippen molar-refractivity contribution in [2.45, 2.75) is 52.1 Å². The summed E-state index contributed by atoms with van der Waals surface area (Å²) in [5.74, 6) is 0.00795. The molecular formula is C12H26O5. The summed E-state index contributed by atoms with van der Waals surface area (Å²) in [5, 5.41) is 37.2. The molecule has 5 nitrogen and oxygen atoms in total. The summed E-state index contributed by atoms with van der Waals surface area (Å²) in [4.78, 5) is 0. The number of hydrogen-bond acceptors (Lipinski definition) is 5. The largest absolute Gasteiger partial charge is 0.394 e. The first-order valence-corrected chi connectivity index (χ1v) is 6.08. The minimum absolute atomic E-state index is 0.00397. The van der Waals surface area contributed by atoms with Crippen molar-refractivity contribution >= 4 is 0 Å². The number of rotatable bonds is 8. The second kappa shape index (κ2) is 8.00. The predicted molar refractivity (Wildman–Crippen MR) is 64.5 cm³/mol. The highest BCUT2D eigenvalue weighted by Crippen LogP contribution is 2.20. The van der Waals surface area contributed by atoms with Gasteiger partial charge in [0.05, 0.1) is 25.4 Å². The molecule has 0 aromatic heterocycles. The SMILES string of the molecule is CC(C)C(OC(C(C)C)C(O)CO)C(O)CO. The van der Waals surface area contributed by atoms with Gasteiger partial charge in [0, 0.05) is 0 Å². The van der Waals surface area contributed by atoms with Crippen molar-refractivity contribution < 1.29 is 25.2 Å². The lowest BCUT2D eigenvalue weighted by molar-refractivity contribution is -0.159. The molecule has 0 saturated carbocycles. The molecule has 0 heterocycles. The van der Waals surface area contributed by atoms with Crippen LogP contribution in [0.2, 0.25) is 0 Å². The van der Waals surface area contributed by atoms with Crippen molar-refractivity contribution in [2.24, 2.45) is 11.8 Å². The second-order valence-electron chi connectivity index (χ2n) is 5.05. The summed E-state index contributed by atoms with van der Waals surface area (Å²) < 4.78 is 5.66. The molecule has 0 saturated heterocycles. The molecule has 0 fully saturated rings. The van der Waals surface area contributed by atoms with Gasteiger partial charge in [-0.25, -0.2) is 0 Å². The van der Waals surface area contributed by atoms with E-state index in [1.165, 1.54) is 0 Å². The molecule has 5 heteroatoms. The van der Waals surface area contributed by atoms with Gasteiger partial charge in [-0.05, 0) is 11.8 Å². The first-order chi connectivity index (χ1) is 7.84. The van der Waals surface area contributed by atoms with Gasteiger partial charge in [-0.2, -0.15) is 0 Å². The zero-order valence-corrected chi connectivity index (χ0v) is 11.1. The molecule has 0 aromatic rings. The van der Waals surface area contributed by atoms with Gasteiger partial charge >= 0.3 is 0 Å². The molecular weight excluding hydrogens is 224 g/mol. The molecule has 0 spiro atoms. The molecule has 4 atom stereocenters. The molecule has 4 N–H and O–H groups in total. The summed E-state index contributed by atoms with van der Waals surface area (Å²) in [5.41, 5.74) is 0. The van der Waals surface area contributed by atoms with Crippen LogP contribution in [0, 0.1) is 11.8 Å². The highest BCUT2D eigenvalue weighted by Gasteiger charge is 2.31. The number of aliphatic hydroxyl groups is 4. The summed E-state index contributed by atoms with van der Waals surface area (Å²) in [6, 6.07) is 0. The Bertz CT molecular complexity index is 175. The number of hydrogen-bond donors (Lipinski definition) is 4. The Balaban J connectivity index is 4.68. The van der Waals surface area contributed by atoms with Crippen LogP contribution in [0.4, 0.5) is 0 Å². The van der Waals surface area contributed by atoms with Crippen LogP contribution >= 0.6 is 0 Å². The Hall–Kier alpha value is -0.200. The zero-order valence-electron chi connectivity index (χ0n) is 11.1. The fourth-order valence-electron chi connectivity index (χ4n) is 1.77. The molecule has 0 rings (SSSR count). The van der Waals surface area contributed by atoms with E-state index in [1.54, 1.807) is 0 Å². The molecule has 104 valence electrons. The second-order valence-corrected chi connectivity index (χ2v) is 5.05. The van der Waals surface area contributed by atoms with E-state index in [2.05, 4.69) is 0 Å². The summed E-state index contributed by atoms with van der Waals surface area (Å²) >= 11 is 0. The van der Waals surface area contributed by atoms with Crippen LogP contribution in [0.15, 0.2) is 0 Å². The minimum Gasteiger partial charge on any atom is -0.394 e. The molecule has 4 unspecified atom stereocenters. The minimum atomic E-state index is -0.984. The van der Waals surface area contributed by atoms with Crippen molar-refractivity contribution in [3.8, 4) is 0 Å². The van der Waals surface area contributed by atoms with Crippen LogP contribution in [-0.2, 0) is 4.74 Å². The molecule has 0 aliphatic heterocycles. The van der Waals surface area contributed by atoms with E-state index in [-0.39, 0.29) is 25.0 Å². The van der Waals surface area contributed by atoms with Gasteiger partial charge in [-0.1, -0.05) is 27.7 Å². The topological polar surface area (TPSA) is 90.2 Å². The summed E-state index contributed by atoms with van der Waals surface area (Å²) in [7, 11) is 0. The van der Waals surface area contributed by atoms with Gasteiger partial charge in [0.1, 0.15) is 12.2 Å². The van der Waals surface area contributed by atoms with Crippen LogP contribution in [0.3, 0.4) is 0 Å². The first-order valence-electron chi connectivity index (χ1n) is 6.08. The lowest BCUT2D eigenvalue weighted by Gasteiger charge is -2.34. The molecule has 17 heavy (non-hydrogen) atoms.